The lowest BCUT2D eigenvalue weighted by molar-refractivity contribution is -0.384. The number of carbonyl (C=O) groups excluding carboxylic acids is 1. The third kappa shape index (κ3) is 3.27. The van der Waals surface area contributed by atoms with Gasteiger partial charge in [-0.25, -0.2) is 0 Å². The van der Waals surface area contributed by atoms with Gasteiger partial charge in [0.25, 0.3) is 5.69 Å². The predicted octanol–water partition coefficient (Wildman–Crippen LogP) is 1.35. The monoisotopic (exact) mass is 263 g/mol. The van der Waals surface area contributed by atoms with E-state index in [1.807, 2.05) is 0 Å². The Hall–Kier alpha value is -2.44. The molecule has 0 aliphatic carbocycles. The van der Waals surface area contributed by atoms with E-state index in [1.165, 1.54) is 12.1 Å². The maximum absolute atomic E-state index is 10.7. The van der Waals surface area contributed by atoms with Crippen LogP contribution in [0, 0.1) is 10.1 Å². The van der Waals surface area contributed by atoms with Crippen molar-refractivity contribution in [2.24, 2.45) is 10.9 Å². The normalized spacial score (nSPS) is 17.7. The fourth-order valence-electron chi connectivity index (χ4n) is 1.86. The van der Waals surface area contributed by atoms with E-state index in [1.54, 1.807) is 12.1 Å². The fraction of sp³-hybridized carbons (Fsp3) is 0.333. The van der Waals surface area contributed by atoms with Crippen LogP contribution in [0.4, 0.5) is 5.69 Å². The molecule has 7 heteroatoms. The van der Waals surface area contributed by atoms with Crippen molar-refractivity contribution < 1.29 is 14.6 Å². The molecular formula is C12H13N3O4. The summed E-state index contributed by atoms with van der Waals surface area (Å²) in [5, 5.41) is 14.6. The highest BCUT2D eigenvalue weighted by atomic mass is 16.6. The van der Waals surface area contributed by atoms with E-state index in [2.05, 4.69) is 5.16 Å². The van der Waals surface area contributed by atoms with Gasteiger partial charge in [0.1, 0.15) is 6.10 Å². The van der Waals surface area contributed by atoms with Crippen LogP contribution in [0.3, 0.4) is 0 Å². The van der Waals surface area contributed by atoms with Crippen LogP contribution in [0.1, 0.15) is 24.8 Å². The maximum atomic E-state index is 10.7. The standard InChI is InChI=1S/C12H13N3O4/c13-12(16)5-4-10-7-11(14-19-10)8-2-1-3-9(6-8)15(17)18/h1-3,6,10H,4-5,7H2,(H2,13,16). The number of primary amides is 1. The molecular weight excluding hydrogens is 250 g/mol. The molecule has 0 radical (unpaired) electrons. The zero-order valence-corrected chi connectivity index (χ0v) is 10.1. The lowest BCUT2D eigenvalue weighted by atomic mass is 10.0. The van der Waals surface area contributed by atoms with Gasteiger partial charge in [-0.15, -0.1) is 0 Å². The topological polar surface area (TPSA) is 108 Å². The first-order chi connectivity index (χ1) is 9.06. The molecule has 1 aromatic carbocycles. The summed E-state index contributed by atoms with van der Waals surface area (Å²) in [6, 6.07) is 6.22. The van der Waals surface area contributed by atoms with E-state index in [0.717, 1.165) is 0 Å². The number of hydrogen-bond acceptors (Lipinski definition) is 5. The number of nitrogens with zero attached hydrogens (tertiary/aromatic N) is 2. The number of nitro groups is 1. The van der Waals surface area contributed by atoms with Gasteiger partial charge in [-0.05, 0) is 6.42 Å². The summed E-state index contributed by atoms with van der Waals surface area (Å²) in [6.45, 7) is 0. The molecule has 1 unspecified atom stereocenters. The number of rotatable bonds is 5. The SMILES string of the molecule is NC(=O)CCC1CC(c2cccc([N+](=O)[O-])c2)=NO1. The second-order valence-corrected chi connectivity index (χ2v) is 4.28. The maximum Gasteiger partial charge on any atom is 0.270 e. The van der Waals surface area contributed by atoms with Crippen molar-refractivity contribution in [3.05, 3.63) is 39.9 Å². The Balaban J connectivity index is 2.02. The van der Waals surface area contributed by atoms with Crippen molar-refractivity contribution in [2.45, 2.75) is 25.4 Å². The van der Waals surface area contributed by atoms with E-state index in [0.29, 0.717) is 24.1 Å². The van der Waals surface area contributed by atoms with Crippen LogP contribution in [0.25, 0.3) is 0 Å². The number of carbonyl (C=O) groups is 1. The summed E-state index contributed by atoms with van der Waals surface area (Å²) in [4.78, 5) is 26.1. The first-order valence-corrected chi connectivity index (χ1v) is 5.82. The lowest BCUT2D eigenvalue weighted by Gasteiger charge is -2.05. The molecule has 1 atom stereocenters. The number of amides is 1. The molecule has 1 aliphatic heterocycles. The number of oxime groups is 1. The molecule has 2 N–H and O–H groups in total. The van der Waals surface area contributed by atoms with Crippen molar-refractivity contribution in [1.82, 2.24) is 0 Å². The molecule has 0 spiro atoms. The third-order valence-corrected chi connectivity index (χ3v) is 2.84. The zero-order valence-electron chi connectivity index (χ0n) is 10.1. The molecule has 100 valence electrons. The van der Waals surface area contributed by atoms with Crippen LogP contribution < -0.4 is 5.73 Å². The number of nitro benzene ring substituents is 1. The average Bonchev–Trinajstić information content (AvgIpc) is 2.85. The van der Waals surface area contributed by atoms with Gasteiger partial charge in [-0.3, -0.25) is 14.9 Å². The van der Waals surface area contributed by atoms with Gasteiger partial charge in [-0.1, -0.05) is 17.3 Å². The van der Waals surface area contributed by atoms with Crippen LogP contribution in [0.15, 0.2) is 29.4 Å². The van der Waals surface area contributed by atoms with Gasteiger partial charge in [0.15, 0.2) is 0 Å². The smallest absolute Gasteiger partial charge is 0.270 e. The second-order valence-electron chi connectivity index (χ2n) is 4.28. The number of non-ortho nitro benzene ring substituents is 1. The molecule has 1 aliphatic rings. The molecule has 1 amide bonds. The lowest BCUT2D eigenvalue weighted by Crippen LogP contribution is -2.15. The van der Waals surface area contributed by atoms with Gasteiger partial charge >= 0.3 is 0 Å². The van der Waals surface area contributed by atoms with E-state index in [4.69, 9.17) is 10.6 Å². The summed E-state index contributed by atoms with van der Waals surface area (Å²) < 4.78 is 0. The van der Waals surface area contributed by atoms with Crippen LogP contribution >= 0.6 is 0 Å². The molecule has 1 aromatic rings. The Morgan fingerprint density at radius 2 is 2.37 bits per heavy atom. The minimum Gasteiger partial charge on any atom is -0.392 e. The van der Waals surface area contributed by atoms with Crippen molar-refractivity contribution >= 4 is 17.3 Å². The summed E-state index contributed by atoms with van der Waals surface area (Å²) in [5.41, 5.74) is 6.39. The molecule has 0 aromatic heterocycles. The Bertz CT molecular complexity index is 542. The number of benzene rings is 1. The molecule has 2 rings (SSSR count). The highest BCUT2D eigenvalue weighted by Gasteiger charge is 2.23. The van der Waals surface area contributed by atoms with E-state index in [9.17, 15) is 14.9 Å². The van der Waals surface area contributed by atoms with Crippen LogP contribution in [-0.4, -0.2) is 22.6 Å². The van der Waals surface area contributed by atoms with Crippen molar-refractivity contribution in [3.63, 3.8) is 0 Å². The van der Waals surface area contributed by atoms with Gasteiger partial charge in [0.2, 0.25) is 5.91 Å². The quantitative estimate of drug-likeness (QED) is 0.638. The summed E-state index contributed by atoms with van der Waals surface area (Å²) in [5.74, 6) is -0.382. The first kappa shape index (κ1) is 13.0. The summed E-state index contributed by atoms with van der Waals surface area (Å²) >= 11 is 0. The summed E-state index contributed by atoms with van der Waals surface area (Å²) in [7, 11) is 0. The average molecular weight is 263 g/mol. The van der Waals surface area contributed by atoms with Crippen LogP contribution in [-0.2, 0) is 9.63 Å². The minimum absolute atomic E-state index is 0.0146. The van der Waals surface area contributed by atoms with Gasteiger partial charge in [0, 0.05) is 30.5 Å². The molecule has 0 saturated carbocycles. The van der Waals surface area contributed by atoms with Crippen molar-refractivity contribution in [1.29, 1.82) is 0 Å². The Kier molecular flexibility index (Phi) is 3.74. The van der Waals surface area contributed by atoms with Crippen LogP contribution in [0.2, 0.25) is 0 Å². The molecule has 19 heavy (non-hydrogen) atoms. The minimum atomic E-state index is -0.454. The fourth-order valence-corrected chi connectivity index (χ4v) is 1.86. The zero-order chi connectivity index (χ0) is 13.8. The summed E-state index contributed by atoms with van der Waals surface area (Å²) in [6.07, 6.45) is 1.07. The predicted molar refractivity (Wildman–Crippen MR) is 67.6 cm³/mol. The molecule has 0 fully saturated rings. The van der Waals surface area contributed by atoms with Crippen molar-refractivity contribution in [3.8, 4) is 0 Å². The van der Waals surface area contributed by atoms with E-state index < -0.39 is 4.92 Å². The highest BCUT2D eigenvalue weighted by Crippen LogP contribution is 2.22. The van der Waals surface area contributed by atoms with Crippen molar-refractivity contribution in [2.75, 3.05) is 0 Å². The number of hydrogen-bond donors (Lipinski definition) is 1. The highest BCUT2D eigenvalue weighted by molar-refractivity contribution is 6.01. The number of nitrogens with two attached hydrogens (primary N) is 1. The molecule has 7 nitrogen and oxygen atoms in total. The Labute approximate surface area is 109 Å². The van der Waals surface area contributed by atoms with Crippen LogP contribution in [0.5, 0.6) is 0 Å². The Morgan fingerprint density at radius 3 is 3.05 bits per heavy atom. The second kappa shape index (κ2) is 5.47. The van der Waals surface area contributed by atoms with Gasteiger partial charge in [0.05, 0.1) is 10.6 Å². The third-order valence-electron chi connectivity index (χ3n) is 2.84. The Morgan fingerprint density at radius 1 is 1.58 bits per heavy atom. The molecule has 0 bridgehead atoms. The van der Waals surface area contributed by atoms with Gasteiger partial charge in [-0.2, -0.15) is 0 Å². The first-order valence-electron chi connectivity index (χ1n) is 5.82. The molecule has 0 saturated heterocycles. The van der Waals surface area contributed by atoms with E-state index >= 15 is 0 Å². The van der Waals surface area contributed by atoms with Gasteiger partial charge < -0.3 is 10.6 Å². The largest absolute Gasteiger partial charge is 0.392 e. The van der Waals surface area contributed by atoms with E-state index in [-0.39, 0.29) is 24.1 Å². The molecule has 1 heterocycles.